The third kappa shape index (κ3) is 3.32. The molecule has 2 heterocycles. The van der Waals surface area contributed by atoms with Crippen LogP contribution in [0.15, 0.2) is 34.8 Å². The molecule has 5 N–H and O–H groups in total. The minimum atomic E-state index is -4.02. The summed E-state index contributed by atoms with van der Waals surface area (Å²) in [6, 6.07) is 5.82. The number of rotatable bonds is 5. The van der Waals surface area contributed by atoms with Crippen molar-refractivity contribution in [2.45, 2.75) is 38.0 Å². The van der Waals surface area contributed by atoms with Gasteiger partial charge in [0.15, 0.2) is 5.13 Å². The number of H-pyrrole nitrogens is 1. The van der Waals surface area contributed by atoms with Crippen molar-refractivity contribution in [1.29, 1.82) is 0 Å². The summed E-state index contributed by atoms with van der Waals surface area (Å²) in [6.07, 6.45) is 6.68. The highest BCUT2D eigenvalue weighted by Crippen LogP contribution is 2.47. The molecule has 2 aromatic heterocycles. The Labute approximate surface area is 177 Å². The average molecular weight is 444 g/mol. The summed E-state index contributed by atoms with van der Waals surface area (Å²) in [5.74, 6) is 0.396. The van der Waals surface area contributed by atoms with Crippen molar-refractivity contribution >= 4 is 42.3 Å². The van der Waals surface area contributed by atoms with E-state index < -0.39 is 10.0 Å². The normalized spacial score (nSPS) is 20.4. The molecule has 0 bridgehead atoms. The van der Waals surface area contributed by atoms with Gasteiger partial charge in [0.2, 0.25) is 15.8 Å². The highest BCUT2D eigenvalue weighted by atomic mass is 32.2. The van der Waals surface area contributed by atoms with E-state index in [4.69, 9.17) is 10.9 Å². The first-order valence-electron chi connectivity index (χ1n) is 9.77. The molecule has 2 aliphatic carbocycles. The predicted molar refractivity (Wildman–Crippen MR) is 116 cm³/mol. The fourth-order valence-electron chi connectivity index (χ4n) is 4.41. The number of primary sulfonamides is 1. The number of nitrogens with zero attached hydrogens (tertiary/aromatic N) is 4. The molecule has 0 radical (unpaired) electrons. The van der Waals surface area contributed by atoms with Gasteiger partial charge in [-0.15, -0.1) is 10.2 Å². The van der Waals surface area contributed by atoms with Gasteiger partial charge < -0.3 is 5.73 Å². The standard InChI is InChI=1S/C19H21N7O2S2/c20-19-22-16-13(5-2-6-14(16)29-19)12-8-7-11(9-10-3-1-4-10)17(30(21,27)28)15(12)18-23-25-26-24-18/h2,5-7,10,12H,1,3-4,8-9H2,(H2,20,22)(H2,21,27,28)(H,23,24,25,26). The van der Waals surface area contributed by atoms with Gasteiger partial charge in [0.25, 0.3) is 0 Å². The second kappa shape index (κ2) is 7.25. The fourth-order valence-corrected chi connectivity index (χ4v) is 6.25. The van der Waals surface area contributed by atoms with Crippen molar-refractivity contribution in [3.63, 3.8) is 0 Å². The molecule has 0 amide bonds. The van der Waals surface area contributed by atoms with Gasteiger partial charge in [0.1, 0.15) is 0 Å². The molecule has 11 heteroatoms. The third-order valence-electron chi connectivity index (χ3n) is 5.93. The Hall–Kier alpha value is -2.63. The van der Waals surface area contributed by atoms with E-state index in [-0.39, 0.29) is 16.6 Å². The van der Waals surface area contributed by atoms with E-state index in [1.807, 2.05) is 24.3 Å². The van der Waals surface area contributed by atoms with Gasteiger partial charge in [-0.2, -0.15) is 5.21 Å². The van der Waals surface area contributed by atoms with Crippen LogP contribution in [0.3, 0.4) is 0 Å². The first-order chi connectivity index (χ1) is 14.4. The number of aromatic amines is 1. The van der Waals surface area contributed by atoms with Gasteiger partial charge in [-0.3, -0.25) is 0 Å². The maximum absolute atomic E-state index is 12.8. The Bertz CT molecular complexity index is 1270. The number of sulfonamides is 1. The number of thiazole rings is 1. The Morgan fingerprint density at radius 3 is 2.77 bits per heavy atom. The number of nitrogens with two attached hydrogens (primary N) is 2. The topological polar surface area (TPSA) is 154 Å². The van der Waals surface area contributed by atoms with Crippen LogP contribution in [0.5, 0.6) is 0 Å². The number of hydrogen-bond acceptors (Lipinski definition) is 8. The number of para-hydroxylation sites is 1. The van der Waals surface area contributed by atoms with Gasteiger partial charge in [-0.1, -0.05) is 48.8 Å². The van der Waals surface area contributed by atoms with Crippen LogP contribution in [0.1, 0.15) is 49.4 Å². The second-order valence-corrected chi connectivity index (χ2v) is 10.3. The lowest BCUT2D eigenvalue weighted by atomic mass is 9.76. The molecule has 2 aliphatic rings. The summed E-state index contributed by atoms with van der Waals surface area (Å²) < 4.78 is 26.5. The van der Waals surface area contributed by atoms with Crippen molar-refractivity contribution in [3.05, 3.63) is 46.1 Å². The lowest BCUT2D eigenvalue weighted by molar-refractivity contribution is 0.315. The largest absolute Gasteiger partial charge is 0.375 e. The Balaban J connectivity index is 1.73. The molecular weight excluding hydrogens is 422 g/mol. The SMILES string of the molecule is Nc1nc2c(C3CC=C(CC4CCC4)C(S(N)(=O)=O)=C3c3nn[nH]n3)cccc2s1. The molecule has 0 aliphatic heterocycles. The quantitative estimate of drug-likeness (QED) is 0.548. The average Bonchev–Trinajstić information content (AvgIpc) is 3.31. The van der Waals surface area contributed by atoms with E-state index in [1.165, 1.54) is 17.8 Å². The number of fused-ring (bicyclic) bond motifs is 1. The third-order valence-corrected chi connectivity index (χ3v) is 7.83. The summed E-state index contributed by atoms with van der Waals surface area (Å²) in [7, 11) is -4.02. The first kappa shape index (κ1) is 19.3. The van der Waals surface area contributed by atoms with Crippen molar-refractivity contribution < 1.29 is 8.42 Å². The lowest BCUT2D eigenvalue weighted by Crippen LogP contribution is -2.25. The van der Waals surface area contributed by atoms with Crippen LogP contribution in [0.25, 0.3) is 15.8 Å². The fraction of sp³-hybridized carbons (Fsp3) is 0.368. The monoisotopic (exact) mass is 443 g/mol. The van der Waals surface area contributed by atoms with Crippen molar-refractivity contribution in [2.24, 2.45) is 11.1 Å². The highest BCUT2D eigenvalue weighted by molar-refractivity contribution is 7.93. The molecule has 9 nitrogen and oxygen atoms in total. The molecular formula is C19H21N7O2S2. The van der Waals surface area contributed by atoms with Crippen LogP contribution in [-0.2, 0) is 10.0 Å². The Morgan fingerprint density at radius 1 is 1.27 bits per heavy atom. The van der Waals surface area contributed by atoms with Crippen LogP contribution >= 0.6 is 11.3 Å². The Kier molecular flexibility index (Phi) is 4.68. The van der Waals surface area contributed by atoms with Crippen LogP contribution in [-0.4, -0.2) is 34.0 Å². The molecule has 1 atom stereocenters. The molecule has 1 unspecified atom stereocenters. The second-order valence-electron chi connectivity index (χ2n) is 7.79. The number of aromatic nitrogens is 5. The van der Waals surface area contributed by atoms with Gasteiger partial charge in [0.05, 0.1) is 15.1 Å². The number of benzene rings is 1. The summed E-state index contributed by atoms with van der Waals surface area (Å²) in [4.78, 5) is 4.61. The molecule has 30 heavy (non-hydrogen) atoms. The summed E-state index contributed by atoms with van der Waals surface area (Å²) in [5, 5.41) is 20.5. The van der Waals surface area contributed by atoms with E-state index in [0.29, 0.717) is 29.5 Å². The predicted octanol–water partition coefficient (Wildman–Crippen LogP) is 2.70. The minimum absolute atomic E-state index is 0.118. The van der Waals surface area contributed by atoms with Crippen molar-refractivity contribution in [1.82, 2.24) is 25.6 Å². The van der Waals surface area contributed by atoms with Crippen LogP contribution < -0.4 is 10.9 Å². The number of nitrogens with one attached hydrogen (secondary N) is 1. The lowest BCUT2D eigenvalue weighted by Gasteiger charge is -2.31. The molecule has 1 aromatic carbocycles. The van der Waals surface area contributed by atoms with E-state index in [0.717, 1.165) is 34.2 Å². The van der Waals surface area contributed by atoms with E-state index in [2.05, 4.69) is 25.6 Å². The molecule has 0 spiro atoms. The van der Waals surface area contributed by atoms with Crippen molar-refractivity contribution in [2.75, 3.05) is 5.73 Å². The zero-order valence-corrected chi connectivity index (χ0v) is 17.7. The summed E-state index contributed by atoms with van der Waals surface area (Å²) in [6.45, 7) is 0. The number of tetrazole rings is 1. The first-order valence-corrected chi connectivity index (χ1v) is 12.1. The number of hydrogen-bond donors (Lipinski definition) is 3. The molecule has 1 fully saturated rings. The van der Waals surface area contributed by atoms with Crippen molar-refractivity contribution in [3.8, 4) is 0 Å². The van der Waals surface area contributed by atoms with Crippen LogP contribution in [0.2, 0.25) is 0 Å². The van der Waals surface area contributed by atoms with Crippen LogP contribution in [0, 0.1) is 5.92 Å². The molecule has 1 saturated carbocycles. The zero-order valence-electron chi connectivity index (χ0n) is 16.1. The maximum Gasteiger partial charge on any atom is 0.238 e. The molecule has 0 saturated heterocycles. The maximum atomic E-state index is 12.8. The van der Waals surface area contributed by atoms with Gasteiger partial charge in [-0.25, -0.2) is 18.5 Å². The van der Waals surface area contributed by atoms with Gasteiger partial charge in [0, 0.05) is 11.5 Å². The molecule has 3 aromatic rings. The van der Waals surface area contributed by atoms with Gasteiger partial charge >= 0.3 is 0 Å². The van der Waals surface area contributed by atoms with E-state index >= 15 is 0 Å². The molecule has 5 rings (SSSR count). The number of allylic oxidation sites excluding steroid dienone is 3. The van der Waals surface area contributed by atoms with Crippen LogP contribution in [0.4, 0.5) is 5.13 Å². The highest BCUT2D eigenvalue weighted by Gasteiger charge is 2.36. The summed E-state index contributed by atoms with van der Waals surface area (Å²) in [5.41, 5.74) is 8.80. The van der Waals surface area contributed by atoms with Gasteiger partial charge in [-0.05, 0) is 41.2 Å². The van der Waals surface area contributed by atoms with E-state index in [9.17, 15) is 8.42 Å². The zero-order chi connectivity index (χ0) is 20.9. The Morgan fingerprint density at radius 2 is 2.10 bits per heavy atom. The van der Waals surface area contributed by atoms with E-state index in [1.54, 1.807) is 0 Å². The molecule has 156 valence electrons. The number of anilines is 1. The smallest absolute Gasteiger partial charge is 0.238 e. The minimum Gasteiger partial charge on any atom is -0.375 e. The number of nitrogen functional groups attached to an aromatic ring is 1. The summed E-state index contributed by atoms with van der Waals surface area (Å²) >= 11 is 1.40.